The van der Waals surface area contributed by atoms with Crippen LogP contribution in [0.25, 0.3) is 0 Å². The van der Waals surface area contributed by atoms with Crippen LogP contribution in [0.5, 0.6) is 0 Å². The molecular weight excluding hydrogens is 188 g/mol. The number of nitrogens with two attached hydrogens (primary N) is 1. The number of amides is 2. The lowest BCUT2D eigenvalue weighted by Crippen LogP contribution is -2.44. The molecule has 0 saturated carbocycles. The Balaban J connectivity index is 3.68. The fourth-order valence-electron chi connectivity index (χ4n) is 0.620. The van der Waals surface area contributed by atoms with Gasteiger partial charge in [-0.05, 0) is 0 Å². The van der Waals surface area contributed by atoms with Crippen LogP contribution in [-0.2, 0) is 9.59 Å². The first kappa shape index (κ1) is 12.2. The van der Waals surface area contributed by atoms with Gasteiger partial charge in [-0.2, -0.15) is 11.8 Å². The highest BCUT2D eigenvalue weighted by molar-refractivity contribution is 7.99. The lowest BCUT2D eigenvalue weighted by molar-refractivity contribution is -0.129. The Morgan fingerprint density at radius 1 is 1.69 bits per heavy atom. The van der Waals surface area contributed by atoms with Crippen molar-refractivity contribution < 1.29 is 9.59 Å². The zero-order valence-corrected chi connectivity index (χ0v) is 8.39. The Hall–Kier alpha value is -0.810. The van der Waals surface area contributed by atoms with Crippen LogP contribution in [0.3, 0.4) is 0 Å². The lowest BCUT2D eigenvalue weighted by Gasteiger charge is -2.08. The number of imide groups is 1. The summed E-state index contributed by atoms with van der Waals surface area (Å²) in [6, 6.07) is -0.631. The highest BCUT2D eigenvalue weighted by atomic mass is 32.2. The zero-order valence-electron chi connectivity index (χ0n) is 7.58. The lowest BCUT2D eigenvalue weighted by atomic mass is 10.3. The molecule has 0 aliphatic carbocycles. The standard InChI is InChI=1S/C8H14N2O2S/c1-3-4-13-5-7(9)8(12)10-6(2)11/h3,7H,1,4-5,9H2,2H3,(H,10,11,12). The van der Waals surface area contributed by atoms with E-state index in [0.717, 1.165) is 5.75 Å². The van der Waals surface area contributed by atoms with E-state index in [4.69, 9.17) is 5.73 Å². The van der Waals surface area contributed by atoms with Gasteiger partial charge in [-0.1, -0.05) is 6.08 Å². The molecule has 0 bridgehead atoms. The largest absolute Gasteiger partial charge is 0.319 e. The van der Waals surface area contributed by atoms with Crippen LogP contribution in [0.2, 0.25) is 0 Å². The third kappa shape index (κ3) is 6.36. The second kappa shape index (κ2) is 6.68. The molecule has 0 aromatic carbocycles. The highest BCUT2D eigenvalue weighted by Crippen LogP contribution is 2.01. The van der Waals surface area contributed by atoms with Gasteiger partial charge >= 0.3 is 0 Å². The molecule has 0 aliphatic rings. The van der Waals surface area contributed by atoms with Crippen molar-refractivity contribution >= 4 is 23.6 Å². The van der Waals surface area contributed by atoms with E-state index in [1.807, 2.05) is 0 Å². The van der Waals surface area contributed by atoms with Crippen molar-refractivity contribution in [2.45, 2.75) is 13.0 Å². The summed E-state index contributed by atoms with van der Waals surface area (Å²) in [5.74, 6) is 0.435. The zero-order chi connectivity index (χ0) is 10.3. The molecule has 1 atom stereocenters. The van der Waals surface area contributed by atoms with E-state index < -0.39 is 11.9 Å². The number of hydrogen-bond donors (Lipinski definition) is 2. The monoisotopic (exact) mass is 202 g/mol. The predicted octanol–water partition coefficient (Wildman–Crippen LogP) is -0.104. The van der Waals surface area contributed by atoms with Crippen molar-refractivity contribution in [3.05, 3.63) is 12.7 Å². The van der Waals surface area contributed by atoms with Gasteiger partial charge in [-0.25, -0.2) is 0 Å². The molecule has 0 radical (unpaired) electrons. The first-order chi connectivity index (χ1) is 6.07. The molecule has 5 heteroatoms. The summed E-state index contributed by atoms with van der Waals surface area (Å²) in [7, 11) is 0. The molecule has 0 saturated heterocycles. The second-order valence-corrected chi connectivity index (χ2v) is 3.55. The van der Waals surface area contributed by atoms with Crippen molar-refractivity contribution in [2.24, 2.45) is 5.73 Å². The molecule has 2 amide bonds. The molecule has 0 spiro atoms. The van der Waals surface area contributed by atoms with Gasteiger partial charge < -0.3 is 5.73 Å². The number of thioether (sulfide) groups is 1. The van der Waals surface area contributed by atoms with E-state index in [1.54, 1.807) is 6.08 Å². The van der Waals surface area contributed by atoms with Crippen LogP contribution < -0.4 is 11.1 Å². The van der Waals surface area contributed by atoms with Crippen LogP contribution >= 0.6 is 11.8 Å². The first-order valence-corrected chi connectivity index (χ1v) is 4.99. The van der Waals surface area contributed by atoms with E-state index in [0.29, 0.717) is 5.75 Å². The first-order valence-electron chi connectivity index (χ1n) is 3.83. The van der Waals surface area contributed by atoms with Gasteiger partial charge in [-0.15, -0.1) is 6.58 Å². The molecule has 3 N–H and O–H groups in total. The molecule has 74 valence electrons. The van der Waals surface area contributed by atoms with E-state index in [1.165, 1.54) is 18.7 Å². The summed E-state index contributed by atoms with van der Waals surface area (Å²) in [6.45, 7) is 4.81. The van der Waals surface area contributed by atoms with Gasteiger partial charge in [0.15, 0.2) is 0 Å². The van der Waals surface area contributed by atoms with E-state index in [-0.39, 0.29) is 5.91 Å². The quantitative estimate of drug-likeness (QED) is 0.482. The molecule has 0 heterocycles. The van der Waals surface area contributed by atoms with Crippen molar-refractivity contribution in [2.75, 3.05) is 11.5 Å². The molecular formula is C8H14N2O2S. The fraction of sp³-hybridized carbons (Fsp3) is 0.500. The minimum atomic E-state index is -0.631. The normalized spacial score (nSPS) is 11.8. The maximum Gasteiger partial charge on any atom is 0.244 e. The van der Waals surface area contributed by atoms with Gasteiger partial charge in [0.2, 0.25) is 11.8 Å². The summed E-state index contributed by atoms with van der Waals surface area (Å²) in [5, 5.41) is 2.13. The van der Waals surface area contributed by atoms with E-state index in [9.17, 15) is 9.59 Å². The van der Waals surface area contributed by atoms with Crippen LogP contribution in [0.15, 0.2) is 12.7 Å². The minimum Gasteiger partial charge on any atom is -0.319 e. The van der Waals surface area contributed by atoms with Crippen LogP contribution in [0.1, 0.15) is 6.92 Å². The Morgan fingerprint density at radius 2 is 2.31 bits per heavy atom. The summed E-state index contributed by atoms with van der Waals surface area (Å²) in [4.78, 5) is 21.5. The smallest absolute Gasteiger partial charge is 0.244 e. The third-order valence-electron chi connectivity index (χ3n) is 1.17. The molecule has 1 unspecified atom stereocenters. The van der Waals surface area contributed by atoms with Crippen LogP contribution in [0, 0.1) is 0 Å². The van der Waals surface area contributed by atoms with Gasteiger partial charge in [0.1, 0.15) is 0 Å². The molecule has 0 rings (SSSR count). The fourth-order valence-corrected chi connectivity index (χ4v) is 1.33. The second-order valence-electron chi connectivity index (χ2n) is 2.48. The summed E-state index contributed by atoms with van der Waals surface area (Å²) < 4.78 is 0. The molecule has 0 fully saturated rings. The van der Waals surface area contributed by atoms with E-state index in [2.05, 4.69) is 11.9 Å². The molecule has 0 aromatic heterocycles. The van der Waals surface area contributed by atoms with Crippen LogP contribution in [0.4, 0.5) is 0 Å². The Kier molecular flexibility index (Phi) is 6.26. The van der Waals surface area contributed by atoms with Crippen molar-refractivity contribution in [1.82, 2.24) is 5.32 Å². The Bertz CT molecular complexity index is 206. The number of carbonyl (C=O) groups is 2. The number of carbonyl (C=O) groups excluding carboxylic acids is 2. The van der Waals surface area contributed by atoms with Gasteiger partial charge in [0.05, 0.1) is 6.04 Å². The molecule has 0 aromatic rings. The molecule has 0 aliphatic heterocycles. The highest BCUT2D eigenvalue weighted by Gasteiger charge is 2.13. The average molecular weight is 202 g/mol. The summed E-state index contributed by atoms with van der Waals surface area (Å²) in [5.41, 5.74) is 5.49. The molecule has 4 nitrogen and oxygen atoms in total. The number of nitrogens with one attached hydrogen (secondary N) is 1. The summed E-state index contributed by atoms with van der Waals surface area (Å²) in [6.07, 6.45) is 1.74. The minimum absolute atomic E-state index is 0.380. The SMILES string of the molecule is C=CCSCC(N)C(=O)NC(C)=O. The van der Waals surface area contributed by atoms with Crippen molar-refractivity contribution in [1.29, 1.82) is 0 Å². The summed E-state index contributed by atoms with van der Waals surface area (Å²) >= 11 is 1.50. The molecule has 13 heavy (non-hydrogen) atoms. The third-order valence-corrected chi connectivity index (χ3v) is 2.24. The maximum atomic E-state index is 11.1. The van der Waals surface area contributed by atoms with Gasteiger partial charge in [-0.3, -0.25) is 14.9 Å². The van der Waals surface area contributed by atoms with Crippen LogP contribution in [-0.4, -0.2) is 29.4 Å². The Morgan fingerprint density at radius 3 is 2.77 bits per heavy atom. The predicted molar refractivity (Wildman–Crippen MR) is 54.3 cm³/mol. The maximum absolute atomic E-state index is 11.1. The van der Waals surface area contributed by atoms with Gasteiger partial charge in [0.25, 0.3) is 0 Å². The van der Waals surface area contributed by atoms with E-state index >= 15 is 0 Å². The number of rotatable bonds is 5. The van der Waals surface area contributed by atoms with Crippen molar-refractivity contribution in [3.63, 3.8) is 0 Å². The average Bonchev–Trinajstić information content (AvgIpc) is 2.03. The topological polar surface area (TPSA) is 72.2 Å². The Labute approximate surface area is 81.9 Å². The van der Waals surface area contributed by atoms with Gasteiger partial charge in [0, 0.05) is 18.4 Å². The van der Waals surface area contributed by atoms with Crippen molar-refractivity contribution in [3.8, 4) is 0 Å². The number of hydrogen-bond acceptors (Lipinski definition) is 4.